The lowest BCUT2D eigenvalue weighted by Crippen LogP contribution is -2.02. The number of aliphatic imine (C=N–C) groups is 1. The van der Waals surface area contributed by atoms with Crippen LogP contribution in [0.2, 0.25) is 0 Å². The molecule has 0 heterocycles. The van der Waals surface area contributed by atoms with Crippen LogP contribution in [0.25, 0.3) is 22.8 Å². The molecule has 3 aliphatic carbocycles. The van der Waals surface area contributed by atoms with Crippen LogP contribution in [-0.4, -0.2) is 5.71 Å². The Balaban J connectivity index is 1.47. The molecule has 0 aromatic heterocycles. The van der Waals surface area contributed by atoms with Gasteiger partial charge < -0.3 is 0 Å². The summed E-state index contributed by atoms with van der Waals surface area (Å²) in [6.45, 7) is 0. The van der Waals surface area contributed by atoms with Gasteiger partial charge in [0.1, 0.15) is 0 Å². The molecule has 0 atom stereocenters. The molecule has 3 aromatic carbocycles. The van der Waals surface area contributed by atoms with Crippen molar-refractivity contribution in [2.24, 2.45) is 4.99 Å². The monoisotopic (exact) mass is 343 g/mol. The fraction of sp³-hybridized carbons (Fsp3) is 0.0385. The minimum absolute atomic E-state index is 0.962. The molecule has 0 unspecified atom stereocenters. The smallest absolute Gasteiger partial charge is 0.0715 e. The summed E-state index contributed by atoms with van der Waals surface area (Å²) in [6.07, 6.45) is 9.67. The summed E-state index contributed by atoms with van der Waals surface area (Å²) in [4.78, 5) is 5.12. The third-order valence-electron chi connectivity index (χ3n) is 5.70. The first-order chi connectivity index (χ1) is 13.4. The lowest BCUT2D eigenvalue weighted by Gasteiger charge is -2.12. The normalized spacial score (nSPS) is 17.1. The molecule has 1 heteroatoms. The van der Waals surface area contributed by atoms with Crippen LogP contribution >= 0.6 is 0 Å². The summed E-state index contributed by atoms with van der Waals surface area (Å²) < 4.78 is 0. The Bertz CT molecular complexity index is 1230. The quantitative estimate of drug-likeness (QED) is 0.380. The zero-order chi connectivity index (χ0) is 17.8. The van der Waals surface area contributed by atoms with Gasteiger partial charge in [-0.2, -0.15) is 0 Å². The van der Waals surface area contributed by atoms with E-state index in [4.69, 9.17) is 4.99 Å². The topological polar surface area (TPSA) is 12.4 Å². The molecule has 126 valence electrons. The van der Waals surface area contributed by atoms with Crippen molar-refractivity contribution in [3.8, 4) is 11.1 Å². The Morgan fingerprint density at radius 3 is 2.48 bits per heavy atom. The molecule has 0 N–H and O–H groups in total. The van der Waals surface area contributed by atoms with Gasteiger partial charge in [0.05, 0.1) is 11.4 Å². The fourth-order valence-electron chi connectivity index (χ4n) is 4.44. The second-order valence-corrected chi connectivity index (χ2v) is 7.22. The van der Waals surface area contributed by atoms with Crippen molar-refractivity contribution >= 4 is 23.0 Å². The van der Waals surface area contributed by atoms with Crippen LogP contribution in [0.3, 0.4) is 0 Å². The highest BCUT2D eigenvalue weighted by Crippen LogP contribution is 2.43. The van der Waals surface area contributed by atoms with Crippen molar-refractivity contribution in [1.29, 1.82) is 0 Å². The van der Waals surface area contributed by atoms with Gasteiger partial charge in [0.2, 0.25) is 0 Å². The molecule has 0 bridgehead atoms. The Labute approximate surface area is 158 Å². The first-order valence-corrected chi connectivity index (χ1v) is 9.37. The van der Waals surface area contributed by atoms with Crippen molar-refractivity contribution in [3.05, 3.63) is 113 Å². The molecule has 3 aromatic rings. The van der Waals surface area contributed by atoms with Crippen LogP contribution in [0.15, 0.2) is 95.5 Å². The van der Waals surface area contributed by atoms with Gasteiger partial charge >= 0.3 is 0 Å². The molecule has 0 spiro atoms. The van der Waals surface area contributed by atoms with Crippen molar-refractivity contribution in [2.45, 2.75) is 6.42 Å². The Hall–Kier alpha value is -3.45. The molecule has 0 saturated heterocycles. The van der Waals surface area contributed by atoms with E-state index < -0.39 is 0 Å². The van der Waals surface area contributed by atoms with E-state index in [1.165, 1.54) is 44.5 Å². The molecular formula is C26H17N. The van der Waals surface area contributed by atoms with E-state index in [0.29, 0.717) is 0 Å². The molecular weight excluding hydrogens is 326 g/mol. The lowest BCUT2D eigenvalue weighted by molar-refractivity contribution is 1.25. The van der Waals surface area contributed by atoms with E-state index in [1.807, 2.05) is 0 Å². The predicted molar refractivity (Wildman–Crippen MR) is 113 cm³/mol. The van der Waals surface area contributed by atoms with E-state index in [2.05, 4.69) is 91.0 Å². The summed E-state index contributed by atoms with van der Waals surface area (Å²) >= 11 is 0. The van der Waals surface area contributed by atoms with Crippen molar-refractivity contribution < 1.29 is 0 Å². The fourth-order valence-corrected chi connectivity index (χ4v) is 4.44. The second-order valence-electron chi connectivity index (χ2n) is 7.22. The summed E-state index contributed by atoms with van der Waals surface area (Å²) in [5.41, 5.74) is 12.6. The molecule has 27 heavy (non-hydrogen) atoms. The van der Waals surface area contributed by atoms with Crippen LogP contribution in [-0.2, 0) is 6.42 Å². The van der Waals surface area contributed by atoms with E-state index in [1.54, 1.807) is 0 Å². The maximum absolute atomic E-state index is 5.12. The second kappa shape index (κ2) is 5.52. The SMILES string of the molecule is C1=CC(=Nc2cccc3c2Cc2ccccc2-3)C2=Cc3ccccc3C2=C1. The molecule has 0 fully saturated rings. The van der Waals surface area contributed by atoms with Crippen molar-refractivity contribution in [2.75, 3.05) is 0 Å². The largest absolute Gasteiger partial charge is 0.248 e. The van der Waals surface area contributed by atoms with Crippen LogP contribution in [0.5, 0.6) is 0 Å². The first-order valence-electron chi connectivity index (χ1n) is 9.37. The number of nitrogens with zero attached hydrogens (tertiary/aromatic N) is 1. The number of rotatable bonds is 1. The van der Waals surface area contributed by atoms with Gasteiger partial charge in [-0.25, -0.2) is 4.99 Å². The third kappa shape index (κ3) is 2.15. The molecule has 1 nitrogen and oxygen atoms in total. The number of allylic oxidation sites excluding steroid dienone is 5. The Morgan fingerprint density at radius 2 is 1.52 bits per heavy atom. The molecule has 3 aliphatic rings. The standard InChI is InChI=1S/C26H17N/c1-3-9-19-17(7-1)15-23-21(19)11-5-13-25(23)27-26-14-6-12-22-20-10-4-2-8-18(20)16-24(22)26/h1-15H,16H2. The minimum atomic E-state index is 0.962. The number of hydrogen-bond acceptors (Lipinski definition) is 1. The summed E-state index contributed by atoms with van der Waals surface area (Å²) in [7, 11) is 0. The van der Waals surface area contributed by atoms with Gasteiger partial charge in [-0.05, 0) is 57.2 Å². The van der Waals surface area contributed by atoms with E-state index in [0.717, 1.165) is 17.8 Å². The van der Waals surface area contributed by atoms with Gasteiger partial charge in [0.15, 0.2) is 0 Å². The number of hydrogen-bond donors (Lipinski definition) is 0. The Kier molecular flexibility index (Phi) is 3.00. The van der Waals surface area contributed by atoms with Gasteiger partial charge in [-0.15, -0.1) is 0 Å². The molecule has 0 radical (unpaired) electrons. The van der Waals surface area contributed by atoms with Gasteiger partial charge in [0, 0.05) is 12.0 Å². The van der Waals surface area contributed by atoms with E-state index in [9.17, 15) is 0 Å². The number of benzene rings is 3. The highest BCUT2D eigenvalue weighted by atomic mass is 14.8. The highest BCUT2D eigenvalue weighted by Gasteiger charge is 2.24. The lowest BCUT2D eigenvalue weighted by atomic mass is 9.95. The number of fused-ring (bicyclic) bond motifs is 6. The van der Waals surface area contributed by atoms with E-state index >= 15 is 0 Å². The van der Waals surface area contributed by atoms with E-state index in [-0.39, 0.29) is 0 Å². The van der Waals surface area contributed by atoms with Gasteiger partial charge in [0.25, 0.3) is 0 Å². The third-order valence-corrected chi connectivity index (χ3v) is 5.70. The summed E-state index contributed by atoms with van der Waals surface area (Å²) in [5.74, 6) is 0. The zero-order valence-corrected chi connectivity index (χ0v) is 14.8. The van der Waals surface area contributed by atoms with Crippen LogP contribution < -0.4 is 0 Å². The average Bonchev–Trinajstić information content (AvgIpc) is 3.28. The molecule has 6 rings (SSSR count). The summed E-state index contributed by atoms with van der Waals surface area (Å²) in [5, 5.41) is 0. The predicted octanol–water partition coefficient (Wildman–Crippen LogP) is 6.38. The summed E-state index contributed by atoms with van der Waals surface area (Å²) in [6, 6.07) is 23.7. The van der Waals surface area contributed by atoms with Crippen molar-refractivity contribution in [3.63, 3.8) is 0 Å². The Morgan fingerprint density at radius 1 is 0.704 bits per heavy atom. The first kappa shape index (κ1) is 14.7. The maximum atomic E-state index is 5.12. The maximum Gasteiger partial charge on any atom is 0.0715 e. The molecule has 0 saturated carbocycles. The molecule has 0 aliphatic heterocycles. The highest BCUT2D eigenvalue weighted by molar-refractivity contribution is 6.26. The molecule has 0 amide bonds. The zero-order valence-electron chi connectivity index (χ0n) is 14.8. The van der Waals surface area contributed by atoms with Crippen LogP contribution in [0.4, 0.5) is 5.69 Å². The average molecular weight is 343 g/mol. The van der Waals surface area contributed by atoms with Gasteiger partial charge in [-0.3, -0.25) is 0 Å². The van der Waals surface area contributed by atoms with Crippen LogP contribution in [0, 0.1) is 0 Å². The van der Waals surface area contributed by atoms with Crippen molar-refractivity contribution in [1.82, 2.24) is 0 Å². The minimum Gasteiger partial charge on any atom is -0.248 e. The van der Waals surface area contributed by atoms with Crippen LogP contribution in [0.1, 0.15) is 22.3 Å². The van der Waals surface area contributed by atoms with Gasteiger partial charge in [-0.1, -0.05) is 72.8 Å².